The van der Waals surface area contributed by atoms with E-state index in [1.165, 1.54) is 16.7 Å². The van der Waals surface area contributed by atoms with Crippen molar-refractivity contribution >= 4 is 21.6 Å². The molecule has 0 bridgehead atoms. The molecule has 100 valence electrons. The minimum atomic E-state index is 0.591. The Balaban J connectivity index is 2.04. The smallest absolute Gasteiger partial charge is 0.0490 e. The van der Waals surface area contributed by atoms with Gasteiger partial charge in [0.1, 0.15) is 0 Å². The molecule has 0 saturated carbocycles. The molecule has 2 aromatic rings. The average Bonchev–Trinajstić information content (AvgIpc) is 2.41. The molecule has 0 aliphatic carbocycles. The number of hydrogen-bond acceptors (Lipinski definition) is 1. The highest BCUT2D eigenvalue weighted by Crippen LogP contribution is 2.26. The van der Waals surface area contributed by atoms with E-state index >= 15 is 0 Å². The van der Waals surface area contributed by atoms with Crippen molar-refractivity contribution in [2.45, 2.75) is 33.2 Å². The van der Waals surface area contributed by atoms with Crippen LogP contribution in [0, 0.1) is 6.92 Å². The first-order valence-electron chi connectivity index (χ1n) is 6.65. The van der Waals surface area contributed by atoms with Crippen molar-refractivity contribution in [2.24, 2.45) is 0 Å². The summed E-state index contributed by atoms with van der Waals surface area (Å²) in [4.78, 5) is 0. The second-order valence-corrected chi connectivity index (χ2v) is 5.98. The highest BCUT2D eigenvalue weighted by Gasteiger charge is 2.02. The molecule has 2 heteroatoms. The third-order valence-electron chi connectivity index (χ3n) is 3.32. The van der Waals surface area contributed by atoms with E-state index in [-0.39, 0.29) is 0 Å². The predicted molar refractivity (Wildman–Crippen MR) is 86.7 cm³/mol. The van der Waals surface area contributed by atoms with Crippen LogP contribution >= 0.6 is 15.9 Å². The summed E-state index contributed by atoms with van der Waals surface area (Å²) in [5.74, 6) is 0.591. The Kier molecular flexibility index (Phi) is 4.65. The van der Waals surface area contributed by atoms with Gasteiger partial charge in [-0.25, -0.2) is 0 Å². The SMILES string of the molecule is Cc1cccc(NCc2ccc(C(C)C)cc2)c1Br. The van der Waals surface area contributed by atoms with Crippen LogP contribution in [-0.2, 0) is 6.54 Å². The van der Waals surface area contributed by atoms with Crippen LogP contribution in [0.3, 0.4) is 0 Å². The number of aryl methyl sites for hydroxylation is 1. The third-order valence-corrected chi connectivity index (χ3v) is 4.37. The summed E-state index contributed by atoms with van der Waals surface area (Å²) in [6.07, 6.45) is 0. The molecular weight excluding hydrogens is 298 g/mol. The van der Waals surface area contributed by atoms with Crippen molar-refractivity contribution in [2.75, 3.05) is 5.32 Å². The van der Waals surface area contributed by atoms with Gasteiger partial charge < -0.3 is 5.32 Å². The molecule has 0 heterocycles. The van der Waals surface area contributed by atoms with Crippen LogP contribution in [0.15, 0.2) is 46.9 Å². The Morgan fingerprint density at radius 2 is 1.74 bits per heavy atom. The fourth-order valence-corrected chi connectivity index (χ4v) is 2.41. The number of hydrogen-bond donors (Lipinski definition) is 1. The van der Waals surface area contributed by atoms with E-state index in [2.05, 4.69) is 84.5 Å². The van der Waals surface area contributed by atoms with Crippen molar-refractivity contribution in [3.8, 4) is 0 Å². The lowest BCUT2D eigenvalue weighted by Gasteiger charge is -2.11. The Morgan fingerprint density at radius 1 is 1.05 bits per heavy atom. The van der Waals surface area contributed by atoms with Crippen LogP contribution in [0.25, 0.3) is 0 Å². The maximum Gasteiger partial charge on any atom is 0.0490 e. The Hall–Kier alpha value is -1.28. The monoisotopic (exact) mass is 317 g/mol. The van der Waals surface area contributed by atoms with Gasteiger partial charge in [-0.1, -0.05) is 50.2 Å². The number of halogens is 1. The van der Waals surface area contributed by atoms with Gasteiger partial charge in [0.05, 0.1) is 0 Å². The predicted octanol–water partition coefficient (Wildman–Crippen LogP) is 5.49. The molecule has 0 aromatic heterocycles. The summed E-state index contributed by atoms with van der Waals surface area (Å²) >= 11 is 3.62. The summed E-state index contributed by atoms with van der Waals surface area (Å²) in [5.41, 5.74) is 5.09. The molecule has 0 aliphatic rings. The first-order valence-corrected chi connectivity index (χ1v) is 7.45. The van der Waals surface area contributed by atoms with E-state index < -0.39 is 0 Å². The van der Waals surface area contributed by atoms with Crippen LogP contribution in [0.1, 0.15) is 36.5 Å². The second-order valence-electron chi connectivity index (χ2n) is 5.19. The van der Waals surface area contributed by atoms with Crippen LogP contribution in [0.4, 0.5) is 5.69 Å². The van der Waals surface area contributed by atoms with Crippen molar-refractivity contribution < 1.29 is 0 Å². The fourth-order valence-electron chi connectivity index (χ4n) is 2.00. The molecule has 19 heavy (non-hydrogen) atoms. The summed E-state index contributed by atoms with van der Waals surface area (Å²) in [6.45, 7) is 7.39. The topological polar surface area (TPSA) is 12.0 Å². The van der Waals surface area contributed by atoms with Crippen LogP contribution in [-0.4, -0.2) is 0 Å². The van der Waals surface area contributed by atoms with Crippen molar-refractivity contribution in [1.82, 2.24) is 0 Å². The lowest BCUT2D eigenvalue weighted by molar-refractivity contribution is 0.865. The molecule has 0 fully saturated rings. The van der Waals surface area contributed by atoms with E-state index in [1.54, 1.807) is 0 Å². The van der Waals surface area contributed by atoms with E-state index in [1.807, 2.05) is 0 Å². The number of anilines is 1. The summed E-state index contributed by atoms with van der Waals surface area (Å²) in [6, 6.07) is 15.1. The highest BCUT2D eigenvalue weighted by molar-refractivity contribution is 9.10. The van der Waals surface area contributed by atoms with E-state index in [4.69, 9.17) is 0 Å². The number of benzene rings is 2. The van der Waals surface area contributed by atoms with Gasteiger partial charge in [0.25, 0.3) is 0 Å². The van der Waals surface area contributed by atoms with Gasteiger partial charge in [-0.2, -0.15) is 0 Å². The lowest BCUT2D eigenvalue weighted by atomic mass is 10.0. The minimum Gasteiger partial charge on any atom is -0.380 e. The Labute approximate surface area is 124 Å². The summed E-state index contributed by atoms with van der Waals surface area (Å²) < 4.78 is 1.15. The van der Waals surface area contributed by atoms with Crippen LogP contribution < -0.4 is 5.32 Å². The van der Waals surface area contributed by atoms with E-state index in [0.717, 1.165) is 16.7 Å². The normalized spacial score (nSPS) is 10.8. The van der Waals surface area contributed by atoms with E-state index in [0.29, 0.717) is 5.92 Å². The van der Waals surface area contributed by atoms with Gasteiger partial charge >= 0.3 is 0 Å². The molecule has 0 unspecified atom stereocenters. The molecule has 0 aliphatic heterocycles. The largest absolute Gasteiger partial charge is 0.380 e. The molecule has 1 N–H and O–H groups in total. The molecule has 0 atom stereocenters. The molecule has 2 aromatic carbocycles. The summed E-state index contributed by atoms with van der Waals surface area (Å²) in [7, 11) is 0. The van der Waals surface area contributed by atoms with Crippen molar-refractivity contribution in [1.29, 1.82) is 0 Å². The molecule has 0 saturated heterocycles. The second kappa shape index (κ2) is 6.25. The van der Waals surface area contributed by atoms with Gasteiger partial charge in [0.15, 0.2) is 0 Å². The zero-order valence-electron chi connectivity index (χ0n) is 11.7. The minimum absolute atomic E-state index is 0.591. The first kappa shape index (κ1) is 14.1. The van der Waals surface area contributed by atoms with Gasteiger partial charge in [-0.15, -0.1) is 0 Å². The summed E-state index contributed by atoms with van der Waals surface area (Å²) in [5, 5.41) is 3.47. The maximum absolute atomic E-state index is 3.62. The molecule has 0 radical (unpaired) electrons. The quantitative estimate of drug-likeness (QED) is 0.785. The Bertz CT molecular complexity index is 544. The maximum atomic E-state index is 3.62. The molecule has 1 nitrogen and oxygen atoms in total. The highest BCUT2D eigenvalue weighted by atomic mass is 79.9. The molecule has 2 rings (SSSR count). The lowest BCUT2D eigenvalue weighted by Crippen LogP contribution is -2.01. The zero-order valence-corrected chi connectivity index (χ0v) is 13.3. The molecular formula is C17H20BrN. The van der Waals surface area contributed by atoms with Crippen LogP contribution in [0.2, 0.25) is 0 Å². The third kappa shape index (κ3) is 3.60. The van der Waals surface area contributed by atoms with Gasteiger partial charge in [-0.3, -0.25) is 0 Å². The Morgan fingerprint density at radius 3 is 2.37 bits per heavy atom. The zero-order chi connectivity index (χ0) is 13.8. The standard InChI is InChI=1S/C17H20BrN/c1-12(2)15-9-7-14(8-10-15)11-19-16-6-4-5-13(3)17(16)18/h4-10,12,19H,11H2,1-3H3. The molecule has 0 amide bonds. The number of nitrogens with one attached hydrogen (secondary N) is 1. The first-order chi connectivity index (χ1) is 9.08. The average molecular weight is 318 g/mol. The van der Waals surface area contributed by atoms with Gasteiger partial charge in [0.2, 0.25) is 0 Å². The number of rotatable bonds is 4. The van der Waals surface area contributed by atoms with E-state index in [9.17, 15) is 0 Å². The van der Waals surface area contributed by atoms with Crippen molar-refractivity contribution in [3.05, 3.63) is 63.6 Å². The van der Waals surface area contributed by atoms with Crippen LogP contribution in [0.5, 0.6) is 0 Å². The molecule has 0 spiro atoms. The van der Waals surface area contributed by atoms with Gasteiger partial charge in [-0.05, 0) is 51.5 Å². The van der Waals surface area contributed by atoms with Gasteiger partial charge in [0, 0.05) is 16.7 Å². The fraction of sp³-hybridized carbons (Fsp3) is 0.294. The van der Waals surface area contributed by atoms with Crippen molar-refractivity contribution in [3.63, 3.8) is 0 Å².